The number of ether oxygens (including phenoxy) is 2. The van der Waals surface area contributed by atoms with Gasteiger partial charge in [0.25, 0.3) is 5.91 Å². The van der Waals surface area contributed by atoms with Crippen molar-refractivity contribution in [2.24, 2.45) is 0 Å². The van der Waals surface area contributed by atoms with Crippen molar-refractivity contribution in [1.29, 1.82) is 0 Å². The van der Waals surface area contributed by atoms with E-state index in [0.29, 0.717) is 29.9 Å². The highest BCUT2D eigenvalue weighted by Gasteiger charge is 2.24. The summed E-state index contributed by atoms with van der Waals surface area (Å²) in [5.74, 6) is -0.757. The maximum Gasteiger partial charge on any atom is 0.330 e. The molecular weight excluding hydrogens is 350 g/mol. The maximum atomic E-state index is 12.2. The first-order valence-electron chi connectivity index (χ1n) is 8.45. The highest BCUT2D eigenvalue weighted by atomic mass is 16.5. The van der Waals surface area contributed by atoms with Crippen molar-refractivity contribution in [3.8, 4) is 11.5 Å². The molecule has 0 fully saturated rings. The molecular formula is C20H19NO6. The second kappa shape index (κ2) is 7.90. The number of carbonyl (C=O) groups excluding carboxylic acids is 2. The number of carbonyl (C=O) groups is 3. The summed E-state index contributed by atoms with van der Waals surface area (Å²) in [6.07, 6.45) is 0.707. The topological polar surface area (TPSA) is 102 Å². The number of benzene rings is 2. The highest BCUT2D eigenvalue weighted by Crippen LogP contribution is 2.28. The number of amides is 1. The SMILES string of the molecule is CC(=O)c1cccc(OCC(=O)NC(C(=O)O)c2ccc3c(c2)CCO3)c1. The number of carboxylic acid groups (broad SMARTS) is 1. The van der Waals surface area contributed by atoms with Gasteiger partial charge < -0.3 is 19.9 Å². The first-order chi connectivity index (χ1) is 12.9. The van der Waals surface area contributed by atoms with Crippen molar-refractivity contribution in [3.63, 3.8) is 0 Å². The van der Waals surface area contributed by atoms with Gasteiger partial charge in [0.15, 0.2) is 18.4 Å². The number of hydrogen-bond donors (Lipinski definition) is 2. The third-order valence-electron chi connectivity index (χ3n) is 4.21. The summed E-state index contributed by atoms with van der Waals surface area (Å²) >= 11 is 0. The van der Waals surface area contributed by atoms with Gasteiger partial charge in [-0.25, -0.2) is 4.79 Å². The Morgan fingerprint density at radius 3 is 2.78 bits per heavy atom. The number of nitrogens with one attached hydrogen (secondary N) is 1. The van der Waals surface area contributed by atoms with Crippen LogP contribution in [0.3, 0.4) is 0 Å². The molecule has 0 aliphatic carbocycles. The minimum absolute atomic E-state index is 0.114. The van der Waals surface area contributed by atoms with E-state index in [2.05, 4.69) is 5.32 Å². The summed E-state index contributed by atoms with van der Waals surface area (Å²) in [6, 6.07) is 10.3. The molecule has 27 heavy (non-hydrogen) atoms. The standard InChI is InChI=1S/C20H19NO6/c1-12(22)13-3-2-4-16(10-13)27-11-18(23)21-19(20(24)25)15-5-6-17-14(9-15)7-8-26-17/h2-6,9-10,19H,7-8,11H2,1H3,(H,21,23)(H,24,25). The maximum absolute atomic E-state index is 12.2. The fourth-order valence-electron chi connectivity index (χ4n) is 2.83. The Bertz CT molecular complexity index is 892. The van der Waals surface area contributed by atoms with Crippen LogP contribution in [0.4, 0.5) is 0 Å². The zero-order valence-corrected chi connectivity index (χ0v) is 14.7. The molecule has 2 aromatic rings. The molecule has 1 aliphatic heterocycles. The number of rotatable bonds is 7. The lowest BCUT2D eigenvalue weighted by atomic mass is 10.0. The Balaban J connectivity index is 1.65. The van der Waals surface area contributed by atoms with Crippen molar-refractivity contribution in [3.05, 3.63) is 59.2 Å². The number of carboxylic acids is 1. The van der Waals surface area contributed by atoms with Gasteiger partial charge in [0.05, 0.1) is 6.61 Å². The molecule has 0 spiro atoms. The van der Waals surface area contributed by atoms with Crippen LogP contribution in [0.25, 0.3) is 0 Å². The molecule has 1 heterocycles. The lowest BCUT2D eigenvalue weighted by Crippen LogP contribution is -2.36. The fourth-order valence-corrected chi connectivity index (χ4v) is 2.83. The first-order valence-corrected chi connectivity index (χ1v) is 8.45. The van der Waals surface area contributed by atoms with E-state index in [-0.39, 0.29) is 12.4 Å². The smallest absolute Gasteiger partial charge is 0.330 e. The third-order valence-corrected chi connectivity index (χ3v) is 4.21. The van der Waals surface area contributed by atoms with E-state index in [0.717, 1.165) is 11.3 Å². The molecule has 140 valence electrons. The quantitative estimate of drug-likeness (QED) is 0.725. The number of fused-ring (bicyclic) bond motifs is 1. The lowest BCUT2D eigenvalue weighted by molar-refractivity contribution is -0.142. The molecule has 0 saturated heterocycles. The Hall–Kier alpha value is -3.35. The van der Waals surface area contributed by atoms with Gasteiger partial charge in [-0.05, 0) is 42.3 Å². The number of hydrogen-bond acceptors (Lipinski definition) is 5. The molecule has 3 rings (SSSR count). The van der Waals surface area contributed by atoms with E-state index in [1.165, 1.54) is 13.0 Å². The van der Waals surface area contributed by atoms with E-state index in [9.17, 15) is 19.5 Å². The molecule has 1 amide bonds. The van der Waals surface area contributed by atoms with Crippen molar-refractivity contribution >= 4 is 17.7 Å². The van der Waals surface area contributed by atoms with Crippen LogP contribution in [0.5, 0.6) is 11.5 Å². The van der Waals surface area contributed by atoms with Gasteiger partial charge in [0.2, 0.25) is 0 Å². The van der Waals surface area contributed by atoms with Gasteiger partial charge in [0, 0.05) is 12.0 Å². The molecule has 2 N–H and O–H groups in total. The summed E-state index contributed by atoms with van der Waals surface area (Å²) in [4.78, 5) is 35.2. The van der Waals surface area contributed by atoms with Gasteiger partial charge in [-0.2, -0.15) is 0 Å². The van der Waals surface area contributed by atoms with Gasteiger partial charge in [0.1, 0.15) is 11.5 Å². The molecule has 1 aliphatic rings. The number of Topliss-reactive ketones (excluding diaryl/α,β-unsaturated/α-hetero) is 1. The van der Waals surface area contributed by atoms with E-state index in [1.54, 1.807) is 36.4 Å². The van der Waals surface area contributed by atoms with Crippen LogP contribution in [-0.4, -0.2) is 36.0 Å². The number of aliphatic carboxylic acids is 1. The molecule has 7 nitrogen and oxygen atoms in total. The fraction of sp³-hybridized carbons (Fsp3) is 0.250. The Morgan fingerprint density at radius 1 is 1.22 bits per heavy atom. The predicted molar refractivity (Wildman–Crippen MR) is 96.1 cm³/mol. The van der Waals surface area contributed by atoms with Crippen molar-refractivity contribution in [2.75, 3.05) is 13.2 Å². The zero-order valence-electron chi connectivity index (χ0n) is 14.7. The third kappa shape index (κ3) is 4.44. The van der Waals surface area contributed by atoms with E-state index in [1.807, 2.05) is 0 Å². The van der Waals surface area contributed by atoms with Crippen molar-refractivity contribution < 1.29 is 29.0 Å². The molecule has 2 aromatic carbocycles. The largest absolute Gasteiger partial charge is 0.493 e. The molecule has 1 unspecified atom stereocenters. The van der Waals surface area contributed by atoms with Crippen molar-refractivity contribution in [2.45, 2.75) is 19.4 Å². The Morgan fingerprint density at radius 2 is 2.04 bits per heavy atom. The summed E-state index contributed by atoms with van der Waals surface area (Å²) in [5.41, 5.74) is 1.86. The monoisotopic (exact) mass is 369 g/mol. The molecule has 0 aromatic heterocycles. The van der Waals surface area contributed by atoms with Gasteiger partial charge in [-0.15, -0.1) is 0 Å². The minimum Gasteiger partial charge on any atom is -0.493 e. The van der Waals surface area contributed by atoms with Gasteiger partial charge in [-0.3, -0.25) is 9.59 Å². The van der Waals surface area contributed by atoms with Crippen molar-refractivity contribution in [1.82, 2.24) is 5.32 Å². The van der Waals surface area contributed by atoms with E-state index >= 15 is 0 Å². The van der Waals surface area contributed by atoms with Gasteiger partial charge in [-0.1, -0.05) is 18.2 Å². The zero-order chi connectivity index (χ0) is 19.4. The second-order valence-corrected chi connectivity index (χ2v) is 6.18. The van der Waals surface area contributed by atoms with Gasteiger partial charge >= 0.3 is 5.97 Å². The summed E-state index contributed by atoms with van der Waals surface area (Å²) in [6.45, 7) is 1.64. The average molecular weight is 369 g/mol. The van der Waals surface area contributed by atoms with Crippen LogP contribution < -0.4 is 14.8 Å². The lowest BCUT2D eigenvalue weighted by Gasteiger charge is -2.16. The predicted octanol–water partition coefficient (Wildman–Crippen LogP) is 2.15. The van der Waals surface area contributed by atoms with E-state index in [4.69, 9.17) is 9.47 Å². The van der Waals surface area contributed by atoms with Crippen LogP contribution >= 0.6 is 0 Å². The molecule has 1 atom stereocenters. The molecule has 0 saturated carbocycles. The van der Waals surface area contributed by atoms with Crippen LogP contribution in [0.15, 0.2) is 42.5 Å². The summed E-state index contributed by atoms with van der Waals surface area (Å²) in [7, 11) is 0. The highest BCUT2D eigenvalue weighted by molar-refractivity contribution is 5.94. The summed E-state index contributed by atoms with van der Waals surface area (Å²) < 4.78 is 10.8. The summed E-state index contributed by atoms with van der Waals surface area (Å²) in [5, 5.41) is 11.9. The molecule has 0 bridgehead atoms. The van der Waals surface area contributed by atoms with Crippen LogP contribution in [0.1, 0.15) is 34.5 Å². The minimum atomic E-state index is -1.18. The Kier molecular flexibility index (Phi) is 5.40. The Labute approximate surface area is 155 Å². The second-order valence-electron chi connectivity index (χ2n) is 6.18. The average Bonchev–Trinajstić information content (AvgIpc) is 3.12. The van der Waals surface area contributed by atoms with Crippen LogP contribution in [0, 0.1) is 0 Å². The molecule has 0 radical (unpaired) electrons. The number of ketones is 1. The molecule has 7 heteroatoms. The normalized spacial score (nSPS) is 13.2. The first kappa shape index (κ1) is 18.4. The van der Waals surface area contributed by atoms with Crippen LogP contribution in [0.2, 0.25) is 0 Å². The van der Waals surface area contributed by atoms with Crippen LogP contribution in [-0.2, 0) is 16.0 Å². The van der Waals surface area contributed by atoms with E-state index < -0.39 is 17.9 Å².